The minimum absolute atomic E-state index is 0.293. The van der Waals surface area contributed by atoms with E-state index in [4.69, 9.17) is 13.9 Å². The van der Waals surface area contributed by atoms with E-state index >= 15 is 0 Å². The largest absolute Gasteiger partial charge is 0.486 e. The van der Waals surface area contributed by atoms with Gasteiger partial charge in [0.25, 0.3) is 5.89 Å². The minimum Gasteiger partial charge on any atom is -0.486 e. The van der Waals surface area contributed by atoms with Crippen LogP contribution in [0, 0.1) is 0 Å². The molecule has 0 unspecified atom stereocenters. The highest BCUT2D eigenvalue weighted by Crippen LogP contribution is 2.34. The summed E-state index contributed by atoms with van der Waals surface area (Å²) in [6, 6.07) is 13.6. The summed E-state index contributed by atoms with van der Waals surface area (Å²) in [5.41, 5.74) is 3.53. The van der Waals surface area contributed by atoms with Gasteiger partial charge in [0.15, 0.2) is 11.5 Å². The van der Waals surface area contributed by atoms with Gasteiger partial charge in [0.2, 0.25) is 0 Å². The van der Waals surface area contributed by atoms with Crippen LogP contribution in [-0.2, 0) is 6.54 Å². The second-order valence-corrected chi connectivity index (χ2v) is 6.40. The lowest BCUT2D eigenvalue weighted by atomic mass is 10.1. The number of nitrogens with one attached hydrogen (secondary N) is 3. The molecule has 9 nitrogen and oxygen atoms in total. The number of benzene rings is 2. The van der Waals surface area contributed by atoms with Crippen molar-refractivity contribution in [1.82, 2.24) is 20.4 Å². The van der Waals surface area contributed by atoms with E-state index in [1.165, 1.54) is 0 Å². The zero-order valence-electron chi connectivity index (χ0n) is 15.4. The molecule has 1 aliphatic heterocycles. The third-order valence-corrected chi connectivity index (χ3v) is 4.41. The predicted octanol–water partition coefficient (Wildman–Crippen LogP) is 3.59. The van der Waals surface area contributed by atoms with Crippen molar-refractivity contribution in [2.45, 2.75) is 6.54 Å². The molecule has 0 saturated heterocycles. The zero-order chi connectivity index (χ0) is 19.5. The van der Waals surface area contributed by atoms with Gasteiger partial charge in [0.1, 0.15) is 13.2 Å². The Bertz CT molecular complexity index is 1110. The van der Waals surface area contributed by atoms with E-state index in [1.807, 2.05) is 48.7 Å². The Hall–Kier alpha value is -4.01. The first-order valence-corrected chi connectivity index (χ1v) is 9.16. The lowest BCUT2D eigenvalue weighted by Gasteiger charge is -2.18. The lowest BCUT2D eigenvalue weighted by molar-refractivity contribution is 0.171. The first-order valence-electron chi connectivity index (χ1n) is 9.16. The molecule has 2 aromatic heterocycles. The number of aromatic amines is 1. The number of ether oxygens (including phenoxy) is 2. The number of aromatic nitrogens is 4. The molecule has 9 heteroatoms. The topological polar surface area (TPSA) is 110 Å². The molecule has 0 amide bonds. The summed E-state index contributed by atoms with van der Waals surface area (Å²) in [5, 5.41) is 21.5. The second-order valence-electron chi connectivity index (χ2n) is 6.40. The fraction of sp³-hybridized carbons (Fsp3) is 0.150. The number of rotatable bonds is 6. The molecule has 0 aliphatic carbocycles. The van der Waals surface area contributed by atoms with Crippen LogP contribution in [0.3, 0.4) is 0 Å². The molecule has 2 aromatic carbocycles. The summed E-state index contributed by atoms with van der Waals surface area (Å²) in [7, 11) is 0. The normalized spacial score (nSPS) is 12.6. The molecule has 0 atom stereocenters. The highest BCUT2D eigenvalue weighted by atomic mass is 16.6. The Kier molecular flexibility index (Phi) is 4.45. The summed E-state index contributed by atoms with van der Waals surface area (Å²) in [6.45, 7) is 1.72. The van der Waals surface area contributed by atoms with E-state index in [9.17, 15) is 0 Å². The van der Waals surface area contributed by atoms with Gasteiger partial charge in [-0.05, 0) is 24.3 Å². The van der Waals surface area contributed by atoms with Gasteiger partial charge in [-0.15, -0.1) is 5.10 Å². The Morgan fingerprint density at radius 1 is 1.00 bits per heavy atom. The van der Waals surface area contributed by atoms with Gasteiger partial charge in [0.05, 0.1) is 11.8 Å². The number of hydrogen-bond acceptors (Lipinski definition) is 8. The Morgan fingerprint density at radius 3 is 2.79 bits per heavy atom. The average Bonchev–Trinajstić information content (AvgIpc) is 3.45. The molecule has 0 saturated carbocycles. The fourth-order valence-corrected chi connectivity index (χ4v) is 3.02. The van der Waals surface area contributed by atoms with Crippen molar-refractivity contribution in [2.75, 3.05) is 23.8 Å². The first kappa shape index (κ1) is 17.1. The fourth-order valence-electron chi connectivity index (χ4n) is 3.02. The number of H-pyrrole nitrogens is 1. The molecule has 3 N–H and O–H groups in total. The van der Waals surface area contributed by atoms with Gasteiger partial charge < -0.3 is 24.5 Å². The SMILES string of the molecule is c1ccc(-c2nnc(Nc3ccc4c(c3)OCCO4)o2)c(NCc2cn[nH]c2)c1. The molecule has 1 aliphatic rings. The number of hydrogen-bond donors (Lipinski definition) is 3. The maximum atomic E-state index is 5.83. The van der Waals surface area contributed by atoms with Gasteiger partial charge in [-0.1, -0.05) is 17.2 Å². The van der Waals surface area contributed by atoms with Crippen molar-refractivity contribution in [3.63, 3.8) is 0 Å². The highest BCUT2D eigenvalue weighted by molar-refractivity contribution is 5.72. The van der Waals surface area contributed by atoms with E-state index in [2.05, 4.69) is 31.0 Å². The molecule has 0 fully saturated rings. The molecule has 4 aromatic rings. The molecule has 0 radical (unpaired) electrons. The minimum atomic E-state index is 0.293. The zero-order valence-corrected chi connectivity index (χ0v) is 15.4. The number of anilines is 3. The predicted molar refractivity (Wildman–Crippen MR) is 106 cm³/mol. The van der Waals surface area contributed by atoms with E-state index in [-0.39, 0.29) is 0 Å². The van der Waals surface area contributed by atoms with E-state index in [1.54, 1.807) is 6.20 Å². The maximum Gasteiger partial charge on any atom is 0.320 e. The van der Waals surface area contributed by atoms with Crippen LogP contribution >= 0.6 is 0 Å². The van der Waals surface area contributed by atoms with Gasteiger partial charge in [-0.25, -0.2) is 0 Å². The monoisotopic (exact) mass is 390 g/mol. The van der Waals surface area contributed by atoms with Crippen molar-refractivity contribution < 1.29 is 13.9 Å². The van der Waals surface area contributed by atoms with Crippen LogP contribution < -0.4 is 20.1 Å². The maximum absolute atomic E-state index is 5.83. The summed E-state index contributed by atoms with van der Waals surface area (Å²) in [5.74, 6) is 1.83. The summed E-state index contributed by atoms with van der Waals surface area (Å²) >= 11 is 0. The van der Waals surface area contributed by atoms with E-state index < -0.39 is 0 Å². The molecular weight excluding hydrogens is 372 g/mol. The molecular formula is C20H18N6O3. The van der Waals surface area contributed by atoms with Crippen LogP contribution in [0.2, 0.25) is 0 Å². The first-order chi connectivity index (χ1) is 14.3. The summed E-state index contributed by atoms with van der Waals surface area (Å²) in [4.78, 5) is 0. The third kappa shape index (κ3) is 3.70. The highest BCUT2D eigenvalue weighted by Gasteiger charge is 2.15. The van der Waals surface area contributed by atoms with Crippen molar-refractivity contribution in [3.05, 3.63) is 60.4 Å². The van der Waals surface area contributed by atoms with Crippen molar-refractivity contribution >= 4 is 17.4 Å². The van der Waals surface area contributed by atoms with Crippen molar-refractivity contribution in [3.8, 4) is 23.0 Å². The molecule has 3 heterocycles. The smallest absolute Gasteiger partial charge is 0.320 e. The van der Waals surface area contributed by atoms with E-state index in [0.29, 0.717) is 37.4 Å². The van der Waals surface area contributed by atoms with Crippen LogP contribution in [0.1, 0.15) is 5.56 Å². The number of para-hydroxylation sites is 1. The Labute approximate surface area is 166 Å². The van der Waals surface area contributed by atoms with Gasteiger partial charge >= 0.3 is 6.01 Å². The third-order valence-electron chi connectivity index (χ3n) is 4.41. The quantitative estimate of drug-likeness (QED) is 0.458. The van der Waals surface area contributed by atoms with Gasteiger partial charge in [0, 0.05) is 35.7 Å². The summed E-state index contributed by atoms with van der Waals surface area (Å²) in [6.07, 6.45) is 3.62. The van der Waals surface area contributed by atoms with Gasteiger partial charge in [-0.3, -0.25) is 5.10 Å². The van der Waals surface area contributed by atoms with Crippen molar-refractivity contribution in [2.24, 2.45) is 0 Å². The molecule has 5 rings (SSSR count). The number of fused-ring (bicyclic) bond motifs is 1. The van der Waals surface area contributed by atoms with Crippen LogP contribution in [-0.4, -0.2) is 33.6 Å². The van der Waals surface area contributed by atoms with Gasteiger partial charge in [-0.2, -0.15) is 5.10 Å². The molecule has 146 valence electrons. The van der Waals surface area contributed by atoms with Crippen LogP contribution in [0.5, 0.6) is 11.5 Å². The van der Waals surface area contributed by atoms with Crippen LogP contribution in [0.25, 0.3) is 11.5 Å². The average molecular weight is 390 g/mol. The van der Waals surface area contributed by atoms with Crippen LogP contribution in [0.15, 0.2) is 59.3 Å². The second kappa shape index (κ2) is 7.55. The number of nitrogens with zero attached hydrogens (tertiary/aromatic N) is 3. The standard InChI is InChI=1S/C20H18N6O3/c1-2-4-16(21-10-13-11-22-23-12-13)15(3-1)19-25-26-20(29-19)24-14-5-6-17-18(9-14)28-8-7-27-17/h1-6,9,11-12,21H,7-8,10H2,(H,22,23)(H,24,26). The lowest BCUT2D eigenvalue weighted by Crippen LogP contribution is -2.15. The van der Waals surface area contributed by atoms with Crippen LogP contribution in [0.4, 0.5) is 17.4 Å². The van der Waals surface area contributed by atoms with E-state index in [0.717, 1.165) is 28.3 Å². The molecule has 0 spiro atoms. The molecule has 0 bridgehead atoms. The molecule has 29 heavy (non-hydrogen) atoms. The summed E-state index contributed by atoms with van der Waals surface area (Å²) < 4.78 is 17.0. The Morgan fingerprint density at radius 2 is 1.90 bits per heavy atom. The Balaban J connectivity index is 1.34. The van der Waals surface area contributed by atoms with Crippen molar-refractivity contribution in [1.29, 1.82) is 0 Å².